The number of rotatable bonds is 12. The third-order valence-electron chi connectivity index (χ3n) is 15.9. The summed E-state index contributed by atoms with van der Waals surface area (Å²) in [7, 11) is 0. The molecule has 50 heavy (non-hydrogen) atoms. The first-order chi connectivity index (χ1) is 24.2. The van der Waals surface area contributed by atoms with Gasteiger partial charge in [0.1, 0.15) is 11.7 Å². The summed E-state index contributed by atoms with van der Waals surface area (Å²) in [5, 5.41) is 11.7. The van der Waals surface area contributed by atoms with Gasteiger partial charge in [0.25, 0.3) is 0 Å². The summed E-state index contributed by atoms with van der Waals surface area (Å²) >= 11 is 0. The Morgan fingerprint density at radius 3 is 2.56 bits per heavy atom. The number of aldehydes is 1. The molecular formula is C43H63N3O4. The number of likely N-dealkylation sites (tertiary alicyclic amines) is 1. The second-order valence-electron chi connectivity index (χ2n) is 18.3. The first-order valence-corrected chi connectivity index (χ1v) is 20.7. The van der Waals surface area contributed by atoms with Gasteiger partial charge in [0, 0.05) is 44.0 Å². The molecular weight excluding hydrogens is 622 g/mol. The smallest absolute Gasteiger partial charge is 0.315 e. The maximum absolute atomic E-state index is 14.3. The van der Waals surface area contributed by atoms with E-state index in [9.17, 15) is 14.7 Å². The quantitative estimate of drug-likeness (QED) is 0.179. The maximum Gasteiger partial charge on any atom is 0.315 e. The van der Waals surface area contributed by atoms with Crippen molar-refractivity contribution < 1.29 is 19.4 Å². The normalized spacial score (nSPS) is 41.5. The predicted octanol–water partition coefficient (Wildman–Crippen LogP) is 7.65. The lowest BCUT2D eigenvalue weighted by Gasteiger charge is -2.60. The van der Waals surface area contributed by atoms with Gasteiger partial charge in [0.2, 0.25) is 0 Å². The lowest BCUT2D eigenvalue weighted by Crippen LogP contribution is -2.65. The molecule has 1 aromatic heterocycles. The fourth-order valence-corrected chi connectivity index (χ4v) is 13.9. The number of hydrogen-bond acceptors (Lipinski definition) is 6. The highest BCUT2D eigenvalue weighted by Crippen LogP contribution is 2.84. The van der Waals surface area contributed by atoms with Gasteiger partial charge < -0.3 is 19.5 Å². The summed E-state index contributed by atoms with van der Waals surface area (Å²) < 4.78 is 7.62. The zero-order chi connectivity index (χ0) is 34.7. The molecule has 10 atom stereocenters. The number of hydrogen-bond donors (Lipinski definition) is 1. The average molecular weight is 686 g/mol. The van der Waals surface area contributed by atoms with E-state index < -0.39 is 22.2 Å². The van der Waals surface area contributed by atoms with Crippen molar-refractivity contribution in [2.24, 2.45) is 57.7 Å². The molecule has 0 radical (unpaired) electrons. The van der Waals surface area contributed by atoms with Crippen molar-refractivity contribution in [1.29, 1.82) is 0 Å². The Balaban J connectivity index is 1.16. The van der Waals surface area contributed by atoms with Crippen LogP contribution in [0.2, 0.25) is 0 Å². The Labute approximate surface area is 301 Å². The molecule has 1 aromatic rings. The molecule has 4 bridgehead atoms. The number of allylic oxidation sites excluding steroid dienone is 1. The Bertz CT molecular complexity index is 1420. The van der Waals surface area contributed by atoms with Crippen LogP contribution in [0.3, 0.4) is 0 Å². The third-order valence-corrected chi connectivity index (χ3v) is 15.9. The van der Waals surface area contributed by atoms with Gasteiger partial charge in [-0.05, 0) is 105 Å². The Morgan fingerprint density at radius 2 is 1.86 bits per heavy atom. The zero-order valence-electron chi connectivity index (χ0n) is 31.1. The topological polar surface area (TPSA) is 83.0 Å². The second-order valence-corrected chi connectivity index (χ2v) is 18.3. The van der Waals surface area contributed by atoms with Crippen LogP contribution < -0.4 is 0 Å². The molecule has 5 aliphatic carbocycles. The Morgan fingerprint density at radius 1 is 1.08 bits per heavy atom. The van der Waals surface area contributed by atoms with Gasteiger partial charge in [-0.2, -0.15) is 0 Å². The molecule has 0 amide bonds. The molecule has 2 saturated heterocycles. The number of carbonyl (C=O) groups is 2. The number of aliphatic carboxylic acids is 1. The number of ether oxygens (including phenoxy) is 1. The van der Waals surface area contributed by atoms with Crippen LogP contribution in [0.15, 0.2) is 36.2 Å². The molecule has 8 rings (SSSR count). The third kappa shape index (κ3) is 5.24. The van der Waals surface area contributed by atoms with Crippen molar-refractivity contribution in [2.45, 2.75) is 123 Å². The highest BCUT2D eigenvalue weighted by molar-refractivity contribution is 5.90. The van der Waals surface area contributed by atoms with Crippen molar-refractivity contribution in [3.05, 3.63) is 41.7 Å². The SMILES string of the molecule is CC(C)C1=CC2CC3(C=O)[C@@H]4CC[C@@H](C)[C@H]4CC2(C2CC(C4CCCCC4)C(CN(CCN4CCCCC4)Cc4cccnc4)O2)[C@]13C(=O)O. The van der Waals surface area contributed by atoms with Crippen LogP contribution in [0, 0.1) is 57.7 Å². The fourth-order valence-electron chi connectivity index (χ4n) is 13.9. The minimum absolute atomic E-state index is 0.0632. The van der Waals surface area contributed by atoms with Crippen LogP contribution in [0.4, 0.5) is 0 Å². The van der Waals surface area contributed by atoms with E-state index in [1.54, 1.807) is 0 Å². The molecule has 7 nitrogen and oxygen atoms in total. The van der Waals surface area contributed by atoms with Crippen LogP contribution in [0.25, 0.3) is 0 Å². The average Bonchev–Trinajstić information content (AvgIpc) is 3.85. The van der Waals surface area contributed by atoms with Crippen LogP contribution in [-0.2, 0) is 20.9 Å². The van der Waals surface area contributed by atoms with Gasteiger partial charge in [0.15, 0.2) is 0 Å². The highest BCUT2D eigenvalue weighted by atomic mass is 16.5. The Kier molecular flexibility index (Phi) is 9.59. The first kappa shape index (κ1) is 35.0. The minimum atomic E-state index is -1.17. The van der Waals surface area contributed by atoms with Crippen molar-refractivity contribution in [3.63, 3.8) is 0 Å². The molecule has 6 unspecified atom stereocenters. The van der Waals surface area contributed by atoms with Crippen LogP contribution >= 0.6 is 0 Å². The number of aromatic nitrogens is 1. The van der Waals surface area contributed by atoms with E-state index in [-0.39, 0.29) is 30.0 Å². The minimum Gasteiger partial charge on any atom is -0.481 e. The van der Waals surface area contributed by atoms with Crippen molar-refractivity contribution in [1.82, 2.24) is 14.8 Å². The van der Waals surface area contributed by atoms with E-state index in [1.165, 1.54) is 76.3 Å². The van der Waals surface area contributed by atoms with Gasteiger partial charge in [-0.15, -0.1) is 0 Å². The molecule has 0 aromatic carbocycles. The van der Waals surface area contributed by atoms with E-state index in [1.807, 2.05) is 18.5 Å². The van der Waals surface area contributed by atoms with Crippen molar-refractivity contribution >= 4 is 12.3 Å². The van der Waals surface area contributed by atoms with Crippen LogP contribution in [0.5, 0.6) is 0 Å². The van der Waals surface area contributed by atoms with E-state index in [0.717, 1.165) is 57.4 Å². The summed E-state index contributed by atoms with van der Waals surface area (Å²) in [4.78, 5) is 37.8. The molecule has 7 heteroatoms. The number of carboxylic acid groups (broad SMARTS) is 1. The van der Waals surface area contributed by atoms with E-state index in [0.29, 0.717) is 30.1 Å². The number of piperidine rings is 1. The summed E-state index contributed by atoms with van der Waals surface area (Å²) in [5.41, 5.74) is -0.308. The van der Waals surface area contributed by atoms with E-state index in [4.69, 9.17) is 4.74 Å². The molecule has 274 valence electrons. The maximum atomic E-state index is 14.3. The molecule has 2 aliphatic heterocycles. The van der Waals surface area contributed by atoms with E-state index >= 15 is 0 Å². The predicted molar refractivity (Wildman–Crippen MR) is 195 cm³/mol. The standard InChI is InChI=1S/C43H63N3O4/c1-29(2)37-21-33-23-41(28-47)36-15-14-30(3)35(36)24-42(33,43(37,41)40(48)49)39-22-34(32-12-6-4-7-13-32)38(50-39)27-46(26-31-11-10-16-44-25-31)20-19-45-17-8-5-9-18-45/h10-11,16,21,25,28-30,32-36,38-39H,4-9,12-15,17-20,22-24,26-27H2,1-3H3,(H,48,49)/t30-,33?,34?,35-,36-,38?,39?,41?,42?,43+/m1/s1. The van der Waals surface area contributed by atoms with Gasteiger partial charge in [-0.3, -0.25) is 14.7 Å². The zero-order valence-corrected chi connectivity index (χ0v) is 31.1. The fraction of sp³-hybridized carbons (Fsp3) is 0.791. The number of fused-ring (bicyclic) bond motifs is 2. The van der Waals surface area contributed by atoms with Gasteiger partial charge in [0.05, 0.1) is 17.6 Å². The van der Waals surface area contributed by atoms with Gasteiger partial charge >= 0.3 is 5.97 Å². The summed E-state index contributed by atoms with van der Waals surface area (Å²) in [6.45, 7) is 12.9. The molecule has 7 aliphatic rings. The van der Waals surface area contributed by atoms with Crippen molar-refractivity contribution in [3.8, 4) is 0 Å². The van der Waals surface area contributed by atoms with Crippen LogP contribution in [0.1, 0.15) is 110 Å². The second kappa shape index (κ2) is 13.7. The summed E-state index contributed by atoms with van der Waals surface area (Å²) in [6, 6.07) is 4.24. The summed E-state index contributed by atoms with van der Waals surface area (Å²) in [6.07, 6.45) is 22.3. The van der Waals surface area contributed by atoms with E-state index in [2.05, 4.69) is 47.7 Å². The lowest BCUT2D eigenvalue weighted by atomic mass is 9.41. The van der Waals surface area contributed by atoms with Crippen molar-refractivity contribution in [2.75, 3.05) is 32.7 Å². The monoisotopic (exact) mass is 685 g/mol. The number of carboxylic acids is 1. The highest BCUT2D eigenvalue weighted by Gasteiger charge is 2.86. The number of pyridine rings is 1. The van der Waals surface area contributed by atoms with Gasteiger partial charge in [-0.1, -0.05) is 83.4 Å². The van der Waals surface area contributed by atoms with Crippen LogP contribution in [-0.4, -0.2) is 77.1 Å². The molecule has 0 spiro atoms. The molecule has 6 fully saturated rings. The first-order valence-electron chi connectivity index (χ1n) is 20.7. The molecule has 4 saturated carbocycles. The lowest BCUT2D eigenvalue weighted by molar-refractivity contribution is -0.197. The van der Waals surface area contributed by atoms with Gasteiger partial charge in [-0.25, -0.2) is 0 Å². The molecule has 1 N–H and O–H groups in total. The largest absolute Gasteiger partial charge is 0.481 e. The molecule has 3 heterocycles. The Hall–Kier alpha value is -2.09. The number of nitrogens with zero attached hydrogens (tertiary/aromatic N) is 3. The number of carbonyl (C=O) groups excluding carboxylic acids is 1. The summed E-state index contributed by atoms with van der Waals surface area (Å²) in [5.74, 6) is 1.51.